The lowest BCUT2D eigenvalue weighted by molar-refractivity contribution is 0.290. The molecule has 1 aromatic heterocycles. The SMILES string of the molecule is O=S1(=O)CCN(Cc2sccc2C#CCO)CC1. The molecule has 1 aromatic rings. The summed E-state index contributed by atoms with van der Waals surface area (Å²) < 4.78 is 22.7. The van der Waals surface area contributed by atoms with Crippen molar-refractivity contribution < 1.29 is 13.5 Å². The van der Waals surface area contributed by atoms with Crippen LogP contribution in [0.5, 0.6) is 0 Å². The van der Waals surface area contributed by atoms with E-state index < -0.39 is 9.84 Å². The Hall–Kier alpha value is -0.870. The Bertz CT molecular complexity index is 552. The van der Waals surface area contributed by atoms with Gasteiger partial charge in [0.15, 0.2) is 9.84 Å². The van der Waals surface area contributed by atoms with Crippen molar-refractivity contribution in [1.29, 1.82) is 0 Å². The number of rotatable bonds is 2. The van der Waals surface area contributed by atoms with Crippen LogP contribution in [0.2, 0.25) is 0 Å². The fourth-order valence-corrected chi connectivity index (χ4v) is 3.97. The first-order chi connectivity index (χ1) is 8.61. The smallest absolute Gasteiger partial charge is 0.152 e. The zero-order chi connectivity index (χ0) is 13.0. The maximum Gasteiger partial charge on any atom is 0.152 e. The maximum atomic E-state index is 11.3. The van der Waals surface area contributed by atoms with Crippen molar-refractivity contribution in [1.82, 2.24) is 4.90 Å². The molecule has 1 N–H and O–H groups in total. The lowest BCUT2D eigenvalue weighted by Gasteiger charge is -2.26. The van der Waals surface area contributed by atoms with Crippen LogP contribution in [0.15, 0.2) is 11.4 Å². The van der Waals surface area contributed by atoms with Crippen molar-refractivity contribution in [2.45, 2.75) is 6.54 Å². The summed E-state index contributed by atoms with van der Waals surface area (Å²) in [6.45, 7) is 1.78. The molecule has 98 valence electrons. The predicted molar refractivity (Wildman–Crippen MR) is 72.2 cm³/mol. The Morgan fingerprint density at radius 3 is 2.78 bits per heavy atom. The highest BCUT2D eigenvalue weighted by atomic mass is 32.2. The maximum absolute atomic E-state index is 11.3. The van der Waals surface area contributed by atoms with E-state index >= 15 is 0 Å². The van der Waals surface area contributed by atoms with Gasteiger partial charge in [-0.25, -0.2) is 8.42 Å². The highest BCUT2D eigenvalue weighted by molar-refractivity contribution is 7.91. The normalized spacial score (nSPS) is 19.2. The number of hydrogen-bond acceptors (Lipinski definition) is 5. The van der Waals surface area contributed by atoms with Crippen LogP contribution in [-0.2, 0) is 16.4 Å². The van der Waals surface area contributed by atoms with E-state index in [9.17, 15) is 8.42 Å². The molecule has 0 unspecified atom stereocenters. The molecule has 0 aliphatic carbocycles. The van der Waals surface area contributed by atoms with Gasteiger partial charge in [0.2, 0.25) is 0 Å². The van der Waals surface area contributed by atoms with E-state index in [0.717, 1.165) is 17.0 Å². The molecule has 0 saturated carbocycles. The molecule has 0 spiro atoms. The van der Waals surface area contributed by atoms with Gasteiger partial charge in [0.1, 0.15) is 6.61 Å². The van der Waals surface area contributed by atoms with E-state index in [1.807, 2.05) is 11.4 Å². The van der Waals surface area contributed by atoms with Crippen molar-refractivity contribution in [2.24, 2.45) is 0 Å². The second-order valence-corrected chi connectivity index (χ2v) is 7.45. The van der Waals surface area contributed by atoms with Gasteiger partial charge in [0.25, 0.3) is 0 Å². The molecular formula is C12H15NO3S2. The summed E-state index contributed by atoms with van der Waals surface area (Å²) in [5.74, 6) is 6.05. The number of thiophene rings is 1. The molecule has 1 aliphatic heterocycles. The van der Waals surface area contributed by atoms with Gasteiger partial charge in [-0.2, -0.15) is 0 Å². The van der Waals surface area contributed by atoms with E-state index in [2.05, 4.69) is 16.7 Å². The van der Waals surface area contributed by atoms with Crippen molar-refractivity contribution >= 4 is 21.2 Å². The average molecular weight is 285 g/mol. The molecule has 6 heteroatoms. The Balaban J connectivity index is 2.00. The van der Waals surface area contributed by atoms with Crippen molar-refractivity contribution in [3.8, 4) is 11.8 Å². The third kappa shape index (κ3) is 3.56. The Morgan fingerprint density at radius 1 is 1.39 bits per heavy atom. The second-order valence-electron chi connectivity index (χ2n) is 4.15. The van der Waals surface area contributed by atoms with Crippen LogP contribution in [0.3, 0.4) is 0 Å². The summed E-state index contributed by atoms with van der Waals surface area (Å²) in [6.07, 6.45) is 0. The monoisotopic (exact) mass is 285 g/mol. The van der Waals surface area contributed by atoms with Gasteiger partial charge >= 0.3 is 0 Å². The van der Waals surface area contributed by atoms with Gasteiger partial charge in [0.05, 0.1) is 11.5 Å². The minimum atomic E-state index is -2.82. The molecule has 18 heavy (non-hydrogen) atoms. The van der Waals surface area contributed by atoms with Gasteiger partial charge in [-0.3, -0.25) is 4.90 Å². The first-order valence-electron chi connectivity index (χ1n) is 5.69. The summed E-state index contributed by atoms with van der Waals surface area (Å²) in [4.78, 5) is 3.27. The molecule has 0 radical (unpaired) electrons. The minimum absolute atomic E-state index is 0.142. The summed E-state index contributed by atoms with van der Waals surface area (Å²) in [6, 6.07) is 1.93. The summed E-state index contributed by atoms with van der Waals surface area (Å²) in [5, 5.41) is 10.7. The molecule has 0 atom stereocenters. The summed E-state index contributed by atoms with van der Waals surface area (Å²) in [5.41, 5.74) is 0.933. The minimum Gasteiger partial charge on any atom is -0.384 e. The first kappa shape index (κ1) is 13.6. The molecular weight excluding hydrogens is 270 g/mol. The van der Waals surface area contributed by atoms with Crippen LogP contribution in [-0.4, -0.2) is 49.6 Å². The number of sulfone groups is 1. The van der Waals surface area contributed by atoms with E-state index in [-0.39, 0.29) is 18.1 Å². The quantitative estimate of drug-likeness (QED) is 0.795. The molecule has 1 saturated heterocycles. The highest BCUT2D eigenvalue weighted by Crippen LogP contribution is 2.19. The van der Waals surface area contributed by atoms with Crippen molar-refractivity contribution in [3.05, 3.63) is 21.9 Å². The van der Waals surface area contributed by atoms with Gasteiger partial charge < -0.3 is 5.11 Å². The topological polar surface area (TPSA) is 57.6 Å². The van der Waals surface area contributed by atoms with Gasteiger partial charge in [-0.05, 0) is 11.4 Å². The van der Waals surface area contributed by atoms with E-state index in [0.29, 0.717) is 13.1 Å². The fourth-order valence-electron chi connectivity index (χ4n) is 1.82. The number of aliphatic hydroxyl groups excluding tert-OH is 1. The Kier molecular flexibility index (Phi) is 4.40. The number of aliphatic hydroxyl groups is 1. The van der Waals surface area contributed by atoms with Crippen LogP contribution in [0.25, 0.3) is 0 Å². The largest absolute Gasteiger partial charge is 0.384 e. The predicted octanol–water partition coefficient (Wildman–Crippen LogP) is 0.322. The molecule has 2 rings (SSSR count). The van der Waals surface area contributed by atoms with Crippen molar-refractivity contribution in [3.63, 3.8) is 0 Å². The van der Waals surface area contributed by atoms with Crippen LogP contribution >= 0.6 is 11.3 Å². The number of hydrogen-bond donors (Lipinski definition) is 1. The summed E-state index contributed by atoms with van der Waals surface area (Å²) >= 11 is 1.62. The van der Waals surface area contributed by atoms with Crippen LogP contribution in [0, 0.1) is 11.8 Å². The molecule has 2 heterocycles. The van der Waals surface area contributed by atoms with Gasteiger partial charge in [-0.15, -0.1) is 11.3 Å². The van der Waals surface area contributed by atoms with E-state index in [1.54, 1.807) is 11.3 Å². The van der Waals surface area contributed by atoms with Crippen LogP contribution < -0.4 is 0 Å². The van der Waals surface area contributed by atoms with Gasteiger partial charge in [0, 0.05) is 30.1 Å². The van der Waals surface area contributed by atoms with E-state index in [4.69, 9.17) is 5.11 Å². The molecule has 0 bridgehead atoms. The lowest BCUT2D eigenvalue weighted by Crippen LogP contribution is -2.39. The van der Waals surface area contributed by atoms with Crippen LogP contribution in [0.1, 0.15) is 10.4 Å². The lowest BCUT2D eigenvalue weighted by atomic mass is 10.2. The van der Waals surface area contributed by atoms with Crippen molar-refractivity contribution in [2.75, 3.05) is 31.2 Å². The molecule has 1 aliphatic rings. The zero-order valence-corrected chi connectivity index (χ0v) is 11.6. The third-order valence-corrected chi connectivity index (χ3v) is 5.37. The van der Waals surface area contributed by atoms with Crippen LogP contribution in [0.4, 0.5) is 0 Å². The Labute approximate surface area is 111 Å². The number of nitrogens with zero attached hydrogens (tertiary/aromatic N) is 1. The second kappa shape index (κ2) is 5.85. The molecule has 0 aromatic carbocycles. The fraction of sp³-hybridized carbons (Fsp3) is 0.500. The zero-order valence-electron chi connectivity index (χ0n) is 9.92. The third-order valence-electron chi connectivity index (χ3n) is 2.85. The highest BCUT2D eigenvalue weighted by Gasteiger charge is 2.22. The van der Waals surface area contributed by atoms with E-state index in [1.165, 1.54) is 0 Å². The van der Waals surface area contributed by atoms with Gasteiger partial charge in [-0.1, -0.05) is 11.8 Å². The molecule has 1 fully saturated rings. The average Bonchev–Trinajstić information content (AvgIpc) is 2.77. The molecule has 4 nitrogen and oxygen atoms in total. The first-order valence-corrected chi connectivity index (χ1v) is 8.40. The summed E-state index contributed by atoms with van der Waals surface area (Å²) in [7, 11) is -2.82. The molecule has 0 amide bonds. The standard InChI is InChI=1S/C12H15NO3S2/c14-6-1-2-11-3-7-17-12(11)10-13-4-8-18(15,16)9-5-13/h3,7,14H,4-6,8-10H2. The Morgan fingerprint density at radius 2 is 2.11 bits per heavy atom.